The lowest BCUT2D eigenvalue weighted by atomic mass is 10.1. The van der Waals surface area contributed by atoms with E-state index in [0.29, 0.717) is 38.9 Å². The van der Waals surface area contributed by atoms with Crippen LogP contribution in [0.4, 0.5) is 5.82 Å². The molecule has 30 heavy (non-hydrogen) atoms. The normalized spacial score (nSPS) is 20.3. The van der Waals surface area contributed by atoms with E-state index in [1.807, 2.05) is 24.3 Å². The predicted molar refractivity (Wildman–Crippen MR) is 123 cm³/mol. The van der Waals surface area contributed by atoms with Gasteiger partial charge in [-0.3, -0.25) is 4.90 Å². The number of anilines is 1. The van der Waals surface area contributed by atoms with Crippen molar-refractivity contribution < 1.29 is 4.42 Å². The van der Waals surface area contributed by atoms with Crippen molar-refractivity contribution in [1.82, 2.24) is 14.9 Å². The van der Waals surface area contributed by atoms with Gasteiger partial charge in [0.25, 0.3) is 0 Å². The molecule has 0 amide bonds. The highest BCUT2D eigenvalue weighted by atomic mass is 35.5. The minimum atomic E-state index is -0.442. The van der Waals surface area contributed by atoms with E-state index >= 15 is 0 Å². The minimum absolute atomic E-state index is 0.328. The van der Waals surface area contributed by atoms with E-state index in [1.165, 1.54) is 11.3 Å². The first-order valence-electron chi connectivity index (χ1n) is 9.88. The Kier molecular flexibility index (Phi) is 4.76. The quantitative estimate of drug-likeness (QED) is 0.452. The highest BCUT2D eigenvalue weighted by molar-refractivity contribution is 7.21. The molecule has 0 saturated carbocycles. The molecule has 0 N–H and O–H groups in total. The van der Waals surface area contributed by atoms with Crippen molar-refractivity contribution >= 4 is 50.1 Å². The molecule has 4 aromatic rings. The number of hydrogen-bond acceptors (Lipinski definition) is 7. The van der Waals surface area contributed by atoms with Crippen molar-refractivity contribution in [1.29, 1.82) is 0 Å². The molecule has 1 saturated heterocycles. The Labute approximate surface area is 182 Å². The lowest BCUT2D eigenvalue weighted by Crippen LogP contribution is -2.55. The number of piperazine rings is 1. The Hall–Kier alpha value is -2.48. The van der Waals surface area contributed by atoms with E-state index in [-0.39, 0.29) is 0 Å². The number of likely N-dealkylation sites (N-methyl/N-ethyl adjacent to an activating group) is 1. The third-order valence-corrected chi connectivity index (χ3v) is 7.14. The number of fused-ring (bicyclic) bond motifs is 2. The fourth-order valence-electron chi connectivity index (χ4n) is 3.95. The van der Waals surface area contributed by atoms with Crippen molar-refractivity contribution in [3.63, 3.8) is 0 Å². The van der Waals surface area contributed by atoms with Crippen LogP contribution in [0.25, 0.3) is 31.9 Å². The van der Waals surface area contributed by atoms with Crippen LogP contribution in [0.1, 0.15) is 13.8 Å². The van der Waals surface area contributed by atoms with E-state index in [1.54, 1.807) is 12.1 Å². The average molecular weight is 441 g/mol. The van der Waals surface area contributed by atoms with Gasteiger partial charge in [0.15, 0.2) is 0 Å². The van der Waals surface area contributed by atoms with Gasteiger partial charge in [-0.15, -0.1) is 11.3 Å². The molecule has 0 spiro atoms. The largest absolute Gasteiger partial charge is 0.403 e. The van der Waals surface area contributed by atoms with Gasteiger partial charge in [0.1, 0.15) is 16.3 Å². The van der Waals surface area contributed by atoms with Gasteiger partial charge in [-0.05, 0) is 51.2 Å². The van der Waals surface area contributed by atoms with Crippen molar-refractivity contribution in [3.05, 3.63) is 51.8 Å². The van der Waals surface area contributed by atoms with Gasteiger partial charge in [-0.25, -0.2) is 9.78 Å². The van der Waals surface area contributed by atoms with Crippen LogP contribution < -0.4 is 10.5 Å². The van der Waals surface area contributed by atoms with E-state index in [0.717, 1.165) is 29.0 Å². The predicted octanol–water partition coefficient (Wildman–Crippen LogP) is 4.65. The summed E-state index contributed by atoms with van der Waals surface area (Å²) in [6.45, 7) is 6.23. The Morgan fingerprint density at radius 2 is 1.97 bits per heavy atom. The third-order valence-electron chi connectivity index (χ3n) is 5.78. The summed E-state index contributed by atoms with van der Waals surface area (Å²) < 4.78 is 6.55. The zero-order valence-corrected chi connectivity index (χ0v) is 18.5. The van der Waals surface area contributed by atoms with Crippen LogP contribution in [0, 0.1) is 0 Å². The Morgan fingerprint density at radius 3 is 2.77 bits per heavy atom. The molecule has 0 radical (unpaired) electrons. The molecule has 3 aromatic heterocycles. The molecule has 4 heterocycles. The van der Waals surface area contributed by atoms with Crippen LogP contribution in [0.2, 0.25) is 5.02 Å². The molecule has 1 fully saturated rings. The second-order valence-electron chi connectivity index (χ2n) is 7.91. The summed E-state index contributed by atoms with van der Waals surface area (Å²) in [6.07, 6.45) is 0. The lowest BCUT2D eigenvalue weighted by Gasteiger charge is -2.43. The molecule has 1 aromatic carbocycles. The molecule has 6 nitrogen and oxygen atoms in total. The minimum Gasteiger partial charge on any atom is -0.403 e. The highest BCUT2D eigenvalue weighted by Gasteiger charge is 2.28. The number of para-hydroxylation sites is 1. The molecule has 1 aliphatic rings. The first-order valence-corrected chi connectivity index (χ1v) is 11.1. The summed E-state index contributed by atoms with van der Waals surface area (Å²) in [5.41, 5.74) is 1.03. The van der Waals surface area contributed by atoms with Gasteiger partial charge in [-0.1, -0.05) is 17.7 Å². The number of aromatic nitrogens is 2. The van der Waals surface area contributed by atoms with E-state index < -0.39 is 5.63 Å². The molecule has 8 heteroatoms. The summed E-state index contributed by atoms with van der Waals surface area (Å²) in [5, 5.41) is 1.94. The highest BCUT2D eigenvalue weighted by Crippen LogP contribution is 2.33. The topological polar surface area (TPSA) is 62.5 Å². The van der Waals surface area contributed by atoms with E-state index in [4.69, 9.17) is 16.0 Å². The van der Waals surface area contributed by atoms with Crippen molar-refractivity contribution in [3.8, 4) is 10.6 Å². The van der Waals surface area contributed by atoms with Gasteiger partial charge in [0.05, 0.1) is 15.3 Å². The molecule has 0 unspecified atom stereocenters. The number of hydrogen-bond donors (Lipinski definition) is 0. The second kappa shape index (κ2) is 7.34. The number of rotatable bonds is 2. The Morgan fingerprint density at radius 1 is 1.13 bits per heavy atom. The van der Waals surface area contributed by atoms with Crippen LogP contribution in [0.15, 0.2) is 45.6 Å². The summed E-state index contributed by atoms with van der Waals surface area (Å²) in [6, 6.07) is 12.1. The standard InChI is InChI=1S/C22H21ClN4O2S/c1-12-11-27(13(2)10-26(12)3)18-8-7-14-9-15(22(28)29-20(14)24-18)21-25-19-16(23)5-4-6-17(19)30-21/h4-9,12-13H,10-11H2,1-3H3/t12-,13+/m0/s1. The number of thiazole rings is 1. The van der Waals surface area contributed by atoms with Crippen LogP contribution in [-0.4, -0.2) is 47.1 Å². The smallest absolute Gasteiger partial charge is 0.347 e. The fourth-order valence-corrected chi connectivity index (χ4v) is 5.22. The van der Waals surface area contributed by atoms with Gasteiger partial charge >= 0.3 is 5.63 Å². The van der Waals surface area contributed by atoms with Crippen LogP contribution in [-0.2, 0) is 0 Å². The number of pyridine rings is 1. The zero-order valence-electron chi connectivity index (χ0n) is 16.9. The van der Waals surface area contributed by atoms with Gasteiger partial charge in [0, 0.05) is 30.6 Å². The van der Waals surface area contributed by atoms with Crippen molar-refractivity contribution in [2.75, 3.05) is 25.0 Å². The van der Waals surface area contributed by atoms with Crippen LogP contribution in [0.3, 0.4) is 0 Å². The maximum atomic E-state index is 12.7. The third kappa shape index (κ3) is 3.27. The van der Waals surface area contributed by atoms with Crippen molar-refractivity contribution in [2.45, 2.75) is 25.9 Å². The van der Waals surface area contributed by atoms with Gasteiger partial charge < -0.3 is 9.32 Å². The number of benzene rings is 1. The van der Waals surface area contributed by atoms with Gasteiger partial charge in [-0.2, -0.15) is 4.98 Å². The Bertz CT molecular complexity index is 1320. The second-order valence-corrected chi connectivity index (χ2v) is 9.34. The number of nitrogens with zero attached hydrogens (tertiary/aromatic N) is 4. The maximum absolute atomic E-state index is 12.7. The lowest BCUT2D eigenvalue weighted by molar-refractivity contribution is 0.205. The zero-order chi connectivity index (χ0) is 21.0. The molecule has 154 valence electrons. The maximum Gasteiger partial charge on any atom is 0.347 e. The number of halogens is 1. The van der Waals surface area contributed by atoms with E-state index in [9.17, 15) is 4.79 Å². The molecule has 1 aliphatic heterocycles. The van der Waals surface area contributed by atoms with E-state index in [2.05, 4.69) is 40.7 Å². The monoisotopic (exact) mass is 440 g/mol. The van der Waals surface area contributed by atoms with Gasteiger partial charge in [0.2, 0.25) is 5.71 Å². The first-order chi connectivity index (χ1) is 14.4. The fraction of sp³-hybridized carbons (Fsp3) is 0.318. The summed E-state index contributed by atoms with van der Waals surface area (Å²) >= 11 is 7.66. The molecular weight excluding hydrogens is 420 g/mol. The average Bonchev–Trinajstić information content (AvgIpc) is 3.15. The summed E-state index contributed by atoms with van der Waals surface area (Å²) in [4.78, 5) is 26.6. The van der Waals surface area contributed by atoms with Crippen LogP contribution >= 0.6 is 22.9 Å². The Balaban J connectivity index is 1.56. The first kappa shape index (κ1) is 19.5. The molecular formula is C22H21ClN4O2S. The van der Waals surface area contributed by atoms with Crippen LogP contribution in [0.5, 0.6) is 0 Å². The molecule has 0 aliphatic carbocycles. The van der Waals surface area contributed by atoms with Crippen molar-refractivity contribution in [2.24, 2.45) is 0 Å². The summed E-state index contributed by atoms with van der Waals surface area (Å²) in [7, 11) is 2.14. The molecule has 2 atom stereocenters. The molecule has 0 bridgehead atoms. The molecule has 5 rings (SSSR count). The summed E-state index contributed by atoms with van der Waals surface area (Å²) in [5.74, 6) is 0.831. The SMILES string of the molecule is C[C@@H]1CN(C)[C@@H](C)CN1c1ccc2cc(-c3nc4c(Cl)cccc4s3)c(=O)oc2n1.